The second-order valence-corrected chi connectivity index (χ2v) is 17.7. The van der Waals surface area contributed by atoms with Gasteiger partial charge in [-0.2, -0.15) is 36.5 Å². The molecule has 5 N–H and O–H groups in total. The Balaban J connectivity index is 0.00000109. The van der Waals surface area contributed by atoms with E-state index >= 15 is 0 Å². The van der Waals surface area contributed by atoms with E-state index in [0.29, 0.717) is 10.6 Å². The number of carbonyl (C=O) groups excluding carboxylic acids is 1. The number of nitrogens with zero attached hydrogens (tertiary/aromatic N) is 10. The average molecular weight is 1430 g/mol. The molecule has 0 aliphatic rings. The van der Waals surface area contributed by atoms with Gasteiger partial charge >= 0.3 is 18.3 Å². The van der Waals surface area contributed by atoms with Gasteiger partial charge in [0.15, 0.2) is 11.6 Å². The van der Waals surface area contributed by atoms with Crippen LogP contribution >= 0.6 is 56.5 Å². The normalized spacial score (nSPS) is 11.3. The van der Waals surface area contributed by atoms with Crippen molar-refractivity contribution in [1.29, 1.82) is 1.34 Å². The minimum Gasteiger partial charge on any atom is -0.478 e. The standard InChI is InChI=1S/C17H16ClF3N6O4S.C12H9ClF3N3O3.C5H7ClN2O2S.CH3I.BH.H3N.U/c1-10-12(9-26(2)23-10)32(29,30)25-16(28)11-3-4-13(22-15(11)18)27-7-5-14(24-27)31-8-6-17(19,20)21;13-10-7(11(20)21)1-2-8(17-10)19-5-3-9(18-19)22-6-4-12(14,15)16;1-4-5(11(6,9)10)3-8(2)7-4;1-2;;;/h3-5,7,9H,6,8H2,1-2H3,(H,25,28);1-3,5H,4,6H2,(H,20,21);3H,1-2H3;1H3;1H;1H3;/i;;;2*1D;;. The van der Waals surface area contributed by atoms with Gasteiger partial charge in [0, 0.05) is 103 Å². The van der Waals surface area contributed by atoms with E-state index in [2.05, 4.69) is 38.7 Å². The molecule has 382 valence electrons. The van der Waals surface area contributed by atoms with E-state index in [4.69, 9.17) is 51.2 Å². The largest absolute Gasteiger partial charge is 0.478 e. The number of aromatic nitrogens is 10. The molecule has 2 radical (unpaired) electrons. The summed E-state index contributed by atoms with van der Waals surface area (Å²) < 4.78 is 147. The molecule has 0 unspecified atom stereocenters. The van der Waals surface area contributed by atoms with Crippen molar-refractivity contribution in [3.05, 3.63) is 94.0 Å². The van der Waals surface area contributed by atoms with Gasteiger partial charge < -0.3 is 20.7 Å². The number of rotatable bonds is 13. The van der Waals surface area contributed by atoms with Gasteiger partial charge in [-0.1, -0.05) is 45.8 Å². The zero-order valence-corrected chi connectivity index (χ0v) is 46.6. The Labute approximate surface area is 451 Å². The molecule has 0 aliphatic carbocycles. The summed E-state index contributed by atoms with van der Waals surface area (Å²) in [5, 5.41) is 23.9. The SMILES string of the molecule is Cc1nn(C)cc1S(=O)(=O)Cl.Cc1nn(C)cc1S(=O)(=O)NC(=O)c1ccc(-n2ccc(OCCC(F)(F)F)n2)nc1Cl.N.O=C(O)c1ccc(-n2ccc(OCCC(F)(F)F)n2)nc1Cl.[2H]CI.[2H][B].[U]. The van der Waals surface area contributed by atoms with Gasteiger partial charge in [0.2, 0.25) is 11.8 Å². The van der Waals surface area contributed by atoms with Crippen LogP contribution in [0.4, 0.5) is 26.3 Å². The maximum Gasteiger partial charge on any atom is 0.392 e. The fraction of sp³-hybridized carbons (Fsp3) is 0.314. The molecule has 0 fully saturated rings. The monoisotopic (exact) mass is 1430 g/mol. The van der Waals surface area contributed by atoms with E-state index in [1.807, 2.05) is 27.3 Å². The number of hydrogen-bond acceptors (Lipinski definition) is 15. The summed E-state index contributed by atoms with van der Waals surface area (Å²) in [5.41, 5.74) is 0.246. The van der Waals surface area contributed by atoms with Gasteiger partial charge in [-0.25, -0.2) is 45.7 Å². The van der Waals surface area contributed by atoms with Crippen LogP contribution in [0.25, 0.3) is 11.6 Å². The molecule has 0 saturated carbocycles. The van der Waals surface area contributed by atoms with E-state index in [1.54, 1.807) is 14.0 Å². The number of alkyl halides is 7. The first-order valence-corrected chi connectivity index (χ1v) is 24.0. The first-order chi connectivity index (χ1) is 32.4. The zero-order chi connectivity index (χ0) is 53.4. The fourth-order valence-corrected chi connectivity index (χ4v) is 7.67. The summed E-state index contributed by atoms with van der Waals surface area (Å²) >= 11 is 13.7. The minimum atomic E-state index is -4.35. The number of ether oxygens (including phenoxy) is 2. The molecule has 6 heterocycles. The number of aromatic carboxylic acids is 1. The van der Waals surface area contributed by atoms with E-state index in [1.165, 1.54) is 93.9 Å². The van der Waals surface area contributed by atoms with Crippen molar-refractivity contribution < 1.29 is 99.8 Å². The predicted octanol–water partition coefficient (Wildman–Crippen LogP) is 6.58. The number of carboxylic acid groups (broad SMARTS) is 1. The van der Waals surface area contributed by atoms with E-state index < -0.39 is 69.4 Å². The Bertz CT molecular complexity index is 2940. The number of sulfonamides is 1. The third kappa shape index (κ3) is 20.5. The van der Waals surface area contributed by atoms with Crippen molar-refractivity contribution in [1.82, 2.24) is 60.0 Å². The van der Waals surface area contributed by atoms with Crippen molar-refractivity contribution in [3.63, 3.8) is 0 Å². The summed E-state index contributed by atoms with van der Waals surface area (Å²) in [4.78, 5) is 31.5. The number of hydrogen-bond donors (Lipinski definition) is 3. The van der Waals surface area contributed by atoms with Crippen molar-refractivity contribution in [2.24, 2.45) is 14.1 Å². The van der Waals surface area contributed by atoms with Crippen LogP contribution in [0, 0.1) is 45.0 Å². The van der Waals surface area contributed by atoms with Crippen LogP contribution in [0.5, 0.6) is 11.8 Å². The van der Waals surface area contributed by atoms with Crippen LogP contribution in [0.2, 0.25) is 10.3 Å². The number of carboxylic acids is 1. The summed E-state index contributed by atoms with van der Waals surface area (Å²) in [7, 11) is 4.20. The van der Waals surface area contributed by atoms with Crippen LogP contribution < -0.4 is 20.3 Å². The molecule has 0 aliphatic heterocycles. The number of nitrogens with one attached hydrogen (secondary N) is 1. The van der Waals surface area contributed by atoms with Crippen molar-refractivity contribution in [2.75, 3.05) is 18.1 Å². The van der Waals surface area contributed by atoms with Gasteiger partial charge in [-0.15, -0.1) is 10.2 Å². The van der Waals surface area contributed by atoms with Gasteiger partial charge in [-0.05, 0) is 44.4 Å². The molecular formula is C35H39BCl3F6IN12O9S2U. The van der Waals surface area contributed by atoms with Gasteiger partial charge in [0.1, 0.15) is 20.1 Å². The number of carbonyl (C=O) groups is 2. The molecule has 0 saturated heterocycles. The van der Waals surface area contributed by atoms with E-state index in [9.17, 15) is 52.8 Å². The Morgan fingerprint density at radius 1 is 0.771 bits per heavy atom. The van der Waals surface area contributed by atoms with Crippen LogP contribution in [-0.4, -0.2) is 123 Å². The predicted molar refractivity (Wildman–Crippen MR) is 248 cm³/mol. The third-order valence-electron chi connectivity index (χ3n) is 7.73. The molecule has 70 heavy (non-hydrogen) atoms. The summed E-state index contributed by atoms with van der Waals surface area (Å²) in [6.45, 7) is 1.92. The van der Waals surface area contributed by atoms with Crippen LogP contribution in [0.3, 0.4) is 0 Å². The number of halogens is 10. The number of pyridine rings is 2. The summed E-state index contributed by atoms with van der Waals surface area (Å²) in [6.07, 6.45) is -5.47. The first kappa shape index (κ1) is 62.0. The second kappa shape index (κ2) is 28.2. The van der Waals surface area contributed by atoms with Crippen molar-refractivity contribution in [3.8, 4) is 23.4 Å². The van der Waals surface area contributed by atoms with Crippen LogP contribution in [-0.2, 0) is 33.2 Å². The molecule has 0 spiro atoms. The van der Waals surface area contributed by atoms with Crippen molar-refractivity contribution in [2.45, 2.75) is 48.8 Å². The molecule has 6 aromatic heterocycles. The first-order valence-electron chi connectivity index (χ1n) is 19.2. The van der Waals surface area contributed by atoms with Crippen LogP contribution in [0.15, 0.2) is 71.0 Å². The minimum absolute atomic E-state index is 0. The van der Waals surface area contributed by atoms with Gasteiger partial charge in [0.05, 0.1) is 48.6 Å². The molecule has 0 bridgehead atoms. The Kier molecular flexibility index (Phi) is 24.9. The summed E-state index contributed by atoms with van der Waals surface area (Å²) in [5.74, 6) is -1.96. The number of amides is 1. The molecule has 1 amide bonds. The third-order valence-corrected chi connectivity index (χ3v) is 11.2. The molecular weight excluding hydrogens is 1390 g/mol. The van der Waals surface area contributed by atoms with E-state index in [-0.39, 0.29) is 97.6 Å². The molecule has 35 heteroatoms. The smallest absolute Gasteiger partial charge is 0.392 e. The van der Waals surface area contributed by atoms with Gasteiger partial charge in [0.25, 0.3) is 25.0 Å². The molecule has 0 aromatic carbocycles. The Morgan fingerprint density at radius 3 is 1.47 bits per heavy atom. The average Bonchev–Trinajstić information content (AvgIpc) is 4.05. The van der Waals surface area contributed by atoms with Crippen LogP contribution in [0.1, 0.15) is 46.3 Å². The molecule has 21 nitrogen and oxygen atoms in total. The second-order valence-electron chi connectivity index (χ2n) is 12.8. The number of aryl methyl sites for hydroxylation is 4. The summed E-state index contributed by atoms with van der Waals surface area (Å²) in [6, 6.07) is 7.86. The van der Waals surface area contributed by atoms with Gasteiger partial charge in [-0.3, -0.25) is 14.2 Å². The Morgan fingerprint density at radius 2 is 1.16 bits per heavy atom. The zero-order valence-electron chi connectivity index (χ0n) is 38.4. The maximum atomic E-state index is 12.5. The van der Waals surface area contributed by atoms with Crippen molar-refractivity contribution >= 4 is 95.8 Å². The fourth-order valence-electron chi connectivity index (χ4n) is 4.89. The van der Waals surface area contributed by atoms with E-state index in [0.717, 1.165) is 0 Å². The molecule has 0 atom stereocenters. The quantitative estimate of drug-likeness (QED) is 0.0275. The topological polar surface area (TPSA) is 285 Å². The maximum absolute atomic E-state index is 12.5. The molecule has 6 aromatic rings. The Hall–Kier alpha value is -4.16. The molecule has 6 rings (SSSR count).